The number of ether oxygens (including phenoxy) is 1. The molecular weight excluding hydrogens is 204 g/mol. The molecule has 0 bridgehead atoms. The third-order valence-electron chi connectivity index (χ3n) is 2.89. The van der Waals surface area contributed by atoms with Crippen LogP contribution in [0.1, 0.15) is 47.0 Å². The first-order valence-corrected chi connectivity index (χ1v) is 6.06. The smallest absolute Gasteiger partial charge is 0.410 e. The average molecular weight is 228 g/mol. The van der Waals surface area contributed by atoms with Gasteiger partial charge < -0.3 is 15.4 Å². The lowest BCUT2D eigenvalue weighted by molar-refractivity contribution is -0.00281. The van der Waals surface area contributed by atoms with Crippen molar-refractivity contribution in [1.29, 1.82) is 0 Å². The minimum absolute atomic E-state index is 0.0557. The Bertz CT molecular complexity index is 239. The van der Waals surface area contributed by atoms with Crippen LogP contribution in [0.15, 0.2) is 0 Å². The summed E-state index contributed by atoms with van der Waals surface area (Å²) in [6, 6.07) is 0.383. The second kappa shape index (κ2) is 5.04. The van der Waals surface area contributed by atoms with Gasteiger partial charge in [-0.15, -0.1) is 0 Å². The van der Waals surface area contributed by atoms with Gasteiger partial charge in [-0.25, -0.2) is 4.79 Å². The van der Waals surface area contributed by atoms with Crippen LogP contribution in [0, 0.1) is 0 Å². The highest BCUT2D eigenvalue weighted by Crippen LogP contribution is 2.27. The molecule has 0 aromatic heterocycles. The lowest BCUT2D eigenvalue weighted by Crippen LogP contribution is -2.52. The number of rotatable bonds is 3. The van der Waals surface area contributed by atoms with E-state index in [1.165, 1.54) is 6.42 Å². The van der Waals surface area contributed by atoms with Crippen LogP contribution in [-0.2, 0) is 4.74 Å². The van der Waals surface area contributed by atoms with Gasteiger partial charge in [0.25, 0.3) is 0 Å². The molecule has 0 radical (unpaired) electrons. The molecule has 2 N–H and O–H groups in total. The van der Waals surface area contributed by atoms with Crippen molar-refractivity contribution in [2.45, 2.75) is 64.6 Å². The fraction of sp³-hybridized carbons (Fsp3) is 0.917. The van der Waals surface area contributed by atoms with E-state index in [0.717, 1.165) is 12.8 Å². The highest BCUT2D eigenvalue weighted by molar-refractivity contribution is 5.69. The van der Waals surface area contributed by atoms with E-state index in [-0.39, 0.29) is 12.1 Å². The van der Waals surface area contributed by atoms with Crippen LogP contribution < -0.4 is 5.73 Å². The van der Waals surface area contributed by atoms with Crippen LogP contribution in [0.3, 0.4) is 0 Å². The van der Waals surface area contributed by atoms with Crippen LogP contribution in [0.25, 0.3) is 0 Å². The van der Waals surface area contributed by atoms with Crippen LogP contribution in [0.4, 0.5) is 4.79 Å². The molecule has 94 valence electrons. The lowest BCUT2D eigenvalue weighted by Gasteiger charge is -2.41. The predicted molar refractivity (Wildman–Crippen MR) is 64.2 cm³/mol. The monoisotopic (exact) mass is 228 g/mol. The molecule has 1 saturated carbocycles. The maximum atomic E-state index is 12.0. The van der Waals surface area contributed by atoms with Gasteiger partial charge in [0, 0.05) is 18.6 Å². The third-order valence-corrected chi connectivity index (χ3v) is 2.89. The van der Waals surface area contributed by atoms with Gasteiger partial charge in [-0.05, 0) is 47.0 Å². The van der Waals surface area contributed by atoms with E-state index in [4.69, 9.17) is 10.5 Å². The van der Waals surface area contributed by atoms with Crippen LogP contribution >= 0.6 is 0 Å². The van der Waals surface area contributed by atoms with Gasteiger partial charge >= 0.3 is 6.09 Å². The Morgan fingerprint density at radius 1 is 1.50 bits per heavy atom. The molecule has 1 fully saturated rings. The highest BCUT2D eigenvalue weighted by Gasteiger charge is 2.34. The second-order valence-electron chi connectivity index (χ2n) is 5.56. The van der Waals surface area contributed by atoms with Crippen LogP contribution in [-0.4, -0.2) is 35.2 Å². The van der Waals surface area contributed by atoms with Crippen molar-refractivity contribution in [2.24, 2.45) is 5.73 Å². The van der Waals surface area contributed by atoms with Crippen LogP contribution in [0.2, 0.25) is 0 Å². The van der Waals surface area contributed by atoms with E-state index >= 15 is 0 Å². The number of carbonyl (C=O) groups excluding carboxylic acids is 1. The maximum Gasteiger partial charge on any atom is 0.410 e. The number of nitrogens with two attached hydrogens (primary N) is 1. The standard InChI is InChI=1S/C12H24N2O2/c1-9(8-13)14(10-6-5-7-10)11(15)16-12(2,3)4/h9-10H,5-8,13H2,1-4H3. The summed E-state index contributed by atoms with van der Waals surface area (Å²) in [5, 5.41) is 0. The van der Waals surface area contributed by atoms with Gasteiger partial charge in [0.05, 0.1) is 0 Å². The molecule has 16 heavy (non-hydrogen) atoms. The predicted octanol–water partition coefficient (Wildman–Crippen LogP) is 2.12. The van der Waals surface area contributed by atoms with Crippen molar-refractivity contribution >= 4 is 6.09 Å². The molecule has 1 rings (SSSR count). The highest BCUT2D eigenvalue weighted by atomic mass is 16.6. The summed E-state index contributed by atoms with van der Waals surface area (Å²) in [6.45, 7) is 8.11. The molecule has 1 aliphatic rings. The molecule has 4 heteroatoms. The van der Waals surface area contributed by atoms with Crippen molar-refractivity contribution in [3.05, 3.63) is 0 Å². The van der Waals surface area contributed by atoms with Gasteiger partial charge in [-0.2, -0.15) is 0 Å². The molecule has 4 nitrogen and oxygen atoms in total. The molecular formula is C12H24N2O2. The Morgan fingerprint density at radius 3 is 2.38 bits per heavy atom. The minimum atomic E-state index is -0.437. The normalized spacial score (nSPS) is 18.8. The zero-order valence-electron chi connectivity index (χ0n) is 10.8. The molecule has 0 spiro atoms. The summed E-state index contributed by atoms with van der Waals surface area (Å²) in [4.78, 5) is 13.9. The molecule has 0 aliphatic heterocycles. The summed E-state index contributed by atoms with van der Waals surface area (Å²) in [7, 11) is 0. The van der Waals surface area contributed by atoms with Crippen LogP contribution in [0.5, 0.6) is 0 Å². The molecule has 0 saturated heterocycles. The van der Waals surface area contributed by atoms with Gasteiger partial charge in [-0.1, -0.05) is 0 Å². The Morgan fingerprint density at radius 2 is 2.06 bits per heavy atom. The molecule has 1 amide bonds. The largest absolute Gasteiger partial charge is 0.444 e. The molecule has 0 heterocycles. The van der Waals surface area contributed by atoms with Crippen molar-refractivity contribution < 1.29 is 9.53 Å². The van der Waals surface area contributed by atoms with E-state index in [9.17, 15) is 4.79 Å². The fourth-order valence-corrected chi connectivity index (χ4v) is 1.78. The van der Waals surface area contributed by atoms with E-state index in [1.54, 1.807) is 0 Å². The number of hydrogen-bond donors (Lipinski definition) is 1. The first-order valence-electron chi connectivity index (χ1n) is 6.06. The van der Waals surface area contributed by atoms with E-state index in [0.29, 0.717) is 12.6 Å². The number of carbonyl (C=O) groups is 1. The topological polar surface area (TPSA) is 55.6 Å². The van der Waals surface area contributed by atoms with Crippen molar-refractivity contribution in [1.82, 2.24) is 4.90 Å². The summed E-state index contributed by atoms with van der Waals surface area (Å²) < 4.78 is 5.41. The van der Waals surface area contributed by atoms with Gasteiger partial charge in [0.2, 0.25) is 0 Å². The SMILES string of the molecule is CC(CN)N(C(=O)OC(C)(C)C)C1CCC1. The lowest BCUT2D eigenvalue weighted by atomic mass is 9.91. The summed E-state index contributed by atoms with van der Waals surface area (Å²) >= 11 is 0. The van der Waals surface area contributed by atoms with E-state index in [2.05, 4.69) is 0 Å². The first kappa shape index (κ1) is 13.3. The van der Waals surface area contributed by atoms with Crippen molar-refractivity contribution in [2.75, 3.05) is 6.54 Å². The molecule has 1 aliphatic carbocycles. The molecule has 1 unspecified atom stereocenters. The third kappa shape index (κ3) is 3.37. The zero-order valence-corrected chi connectivity index (χ0v) is 10.8. The van der Waals surface area contributed by atoms with Gasteiger partial charge in [0.1, 0.15) is 5.60 Å². The van der Waals surface area contributed by atoms with Gasteiger partial charge in [-0.3, -0.25) is 0 Å². The Labute approximate surface area is 98.1 Å². The number of nitrogens with zero attached hydrogens (tertiary/aromatic N) is 1. The van der Waals surface area contributed by atoms with Gasteiger partial charge in [0.15, 0.2) is 0 Å². The van der Waals surface area contributed by atoms with Crippen molar-refractivity contribution in [3.8, 4) is 0 Å². The summed E-state index contributed by atoms with van der Waals surface area (Å²) in [6.07, 6.45) is 3.11. The van der Waals surface area contributed by atoms with Crippen molar-refractivity contribution in [3.63, 3.8) is 0 Å². The Kier molecular flexibility index (Phi) is 4.19. The number of hydrogen-bond acceptors (Lipinski definition) is 3. The van der Waals surface area contributed by atoms with E-state index in [1.807, 2.05) is 32.6 Å². The second-order valence-corrected chi connectivity index (χ2v) is 5.56. The fourth-order valence-electron chi connectivity index (χ4n) is 1.78. The first-order chi connectivity index (χ1) is 7.35. The average Bonchev–Trinajstić information content (AvgIpc) is 2.06. The number of amides is 1. The van der Waals surface area contributed by atoms with E-state index < -0.39 is 5.60 Å². The zero-order chi connectivity index (χ0) is 12.3. The minimum Gasteiger partial charge on any atom is -0.444 e. The molecule has 0 aromatic carbocycles. The summed E-state index contributed by atoms with van der Waals surface area (Å²) in [5.41, 5.74) is 5.20. The molecule has 0 aromatic rings. The molecule has 1 atom stereocenters. The quantitative estimate of drug-likeness (QED) is 0.805. The Hall–Kier alpha value is -0.770. The summed E-state index contributed by atoms with van der Waals surface area (Å²) in [5.74, 6) is 0. The maximum absolute atomic E-state index is 12.0. The Balaban J connectivity index is 2.64.